The zero-order valence-electron chi connectivity index (χ0n) is 16.6. The molecule has 0 radical (unpaired) electrons. The van der Waals surface area contributed by atoms with E-state index >= 15 is 0 Å². The molecule has 3 aromatic carbocycles. The van der Waals surface area contributed by atoms with Crippen LogP contribution in [0, 0.1) is 5.82 Å². The molecule has 0 bridgehead atoms. The SMILES string of the molecule is O=C(CC(c1cccc(F)c1)c1c[nH]c2ccccc12)N1CCc2ccccc2C1. The number of nitrogens with zero attached hydrogens (tertiary/aromatic N) is 1. The summed E-state index contributed by atoms with van der Waals surface area (Å²) < 4.78 is 14.0. The molecule has 1 unspecified atom stereocenters. The number of rotatable bonds is 4. The summed E-state index contributed by atoms with van der Waals surface area (Å²) in [7, 11) is 0. The predicted molar refractivity (Wildman–Crippen MR) is 117 cm³/mol. The third-order valence-electron chi connectivity index (χ3n) is 6.11. The van der Waals surface area contributed by atoms with Gasteiger partial charge in [-0.25, -0.2) is 4.39 Å². The van der Waals surface area contributed by atoms with Crippen molar-refractivity contribution in [3.8, 4) is 0 Å². The number of H-pyrrole nitrogens is 1. The fraction of sp³-hybridized carbons (Fsp3) is 0.192. The second kappa shape index (κ2) is 7.79. The van der Waals surface area contributed by atoms with Crippen molar-refractivity contribution in [2.24, 2.45) is 0 Å². The summed E-state index contributed by atoms with van der Waals surface area (Å²) >= 11 is 0. The highest BCUT2D eigenvalue weighted by Gasteiger charge is 2.26. The minimum Gasteiger partial charge on any atom is -0.361 e. The zero-order chi connectivity index (χ0) is 20.5. The number of hydrogen-bond acceptors (Lipinski definition) is 1. The van der Waals surface area contributed by atoms with Gasteiger partial charge in [-0.3, -0.25) is 4.79 Å². The molecular formula is C26H23FN2O. The molecule has 4 aromatic rings. The number of halogens is 1. The lowest BCUT2D eigenvalue weighted by Gasteiger charge is -2.30. The lowest BCUT2D eigenvalue weighted by molar-refractivity contribution is -0.132. The number of aromatic amines is 1. The fourth-order valence-corrected chi connectivity index (χ4v) is 4.53. The van der Waals surface area contributed by atoms with Crippen molar-refractivity contribution in [2.45, 2.75) is 25.3 Å². The van der Waals surface area contributed by atoms with Gasteiger partial charge in [-0.05, 0) is 46.9 Å². The highest BCUT2D eigenvalue weighted by Crippen LogP contribution is 2.34. The Balaban J connectivity index is 1.48. The van der Waals surface area contributed by atoms with Crippen LogP contribution in [0.4, 0.5) is 4.39 Å². The molecule has 0 spiro atoms. The van der Waals surface area contributed by atoms with Gasteiger partial charge in [0.2, 0.25) is 5.91 Å². The van der Waals surface area contributed by atoms with Gasteiger partial charge < -0.3 is 9.88 Å². The quantitative estimate of drug-likeness (QED) is 0.490. The standard InChI is InChI=1S/C26H23FN2O/c27-21-9-5-8-19(14-21)23(24-16-28-25-11-4-3-10-22(24)25)15-26(30)29-13-12-18-6-1-2-7-20(18)17-29/h1-11,14,16,23,28H,12-13,15,17H2. The van der Waals surface area contributed by atoms with Crippen molar-refractivity contribution < 1.29 is 9.18 Å². The number of carbonyl (C=O) groups is 1. The lowest BCUT2D eigenvalue weighted by Crippen LogP contribution is -2.36. The molecule has 150 valence electrons. The summed E-state index contributed by atoms with van der Waals surface area (Å²) in [4.78, 5) is 18.6. The Hall–Kier alpha value is -3.40. The Labute approximate surface area is 175 Å². The van der Waals surface area contributed by atoms with E-state index < -0.39 is 0 Å². The number of amides is 1. The van der Waals surface area contributed by atoms with E-state index in [4.69, 9.17) is 0 Å². The number of nitrogens with one attached hydrogen (secondary N) is 1. The van der Waals surface area contributed by atoms with Gasteiger partial charge >= 0.3 is 0 Å². The number of carbonyl (C=O) groups excluding carboxylic acids is 1. The summed E-state index contributed by atoms with van der Waals surface area (Å²) in [5.74, 6) is -0.387. The maximum Gasteiger partial charge on any atom is 0.223 e. The molecule has 2 heterocycles. The van der Waals surface area contributed by atoms with Crippen LogP contribution in [0.5, 0.6) is 0 Å². The van der Waals surface area contributed by atoms with Gasteiger partial charge in [-0.15, -0.1) is 0 Å². The van der Waals surface area contributed by atoms with E-state index in [1.54, 1.807) is 12.1 Å². The van der Waals surface area contributed by atoms with Gasteiger partial charge in [0.05, 0.1) is 0 Å². The van der Waals surface area contributed by atoms with E-state index in [2.05, 4.69) is 23.2 Å². The molecule has 30 heavy (non-hydrogen) atoms. The van der Waals surface area contributed by atoms with Gasteiger partial charge in [0.25, 0.3) is 0 Å². The van der Waals surface area contributed by atoms with Gasteiger partial charge in [-0.2, -0.15) is 0 Å². The second-order valence-electron chi connectivity index (χ2n) is 7.94. The molecule has 0 saturated heterocycles. The van der Waals surface area contributed by atoms with Crippen molar-refractivity contribution in [2.75, 3.05) is 6.54 Å². The van der Waals surface area contributed by atoms with Crippen molar-refractivity contribution in [1.82, 2.24) is 9.88 Å². The van der Waals surface area contributed by atoms with Crippen molar-refractivity contribution in [1.29, 1.82) is 0 Å². The maximum absolute atomic E-state index is 14.0. The number of para-hydroxylation sites is 1. The Morgan fingerprint density at radius 3 is 2.67 bits per heavy atom. The van der Waals surface area contributed by atoms with Crippen LogP contribution in [0.3, 0.4) is 0 Å². The van der Waals surface area contributed by atoms with E-state index in [-0.39, 0.29) is 17.6 Å². The third-order valence-corrected chi connectivity index (χ3v) is 6.11. The highest BCUT2D eigenvalue weighted by molar-refractivity contribution is 5.86. The molecule has 1 N–H and O–H groups in total. The molecule has 1 amide bonds. The number of aromatic nitrogens is 1. The van der Waals surface area contributed by atoms with Crippen molar-refractivity contribution in [3.63, 3.8) is 0 Å². The first-order chi connectivity index (χ1) is 14.7. The number of hydrogen-bond donors (Lipinski definition) is 1. The molecule has 1 aromatic heterocycles. The van der Waals surface area contributed by atoms with Gasteiger partial charge in [0, 0.05) is 42.5 Å². The Morgan fingerprint density at radius 1 is 1.00 bits per heavy atom. The monoisotopic (exact) mass is 398 g/mol. The van der Waals surface area contributed by atoms with Crippen LogP contribution in [0.2, 0.25) is 0 Å². The fourth-order valence-electron chi connectivity index (χ4n) is 4.53. The highest BCUT2D eigenvalue weighted by atomic mass is 19.1. The van der Waals surface area contributed by atoms with Crippen LogP contribution in [0.1, 0.15) is 34.6 Å². The molecule has 3 nitrogen and oxygen atoms in total. The first-order valence-electron chi connectivity index (χ1n) is 10.3. The van der Waals surface area contributed by atoms with Crippen LogP contribution in [-0.4, -0.2) is 22.3 Å². The Morgan fingerprint density at radius 2 is 1.80 bits per heavy atom. The molecule has 0 saturated carbocycles. The van der Waals surface area contributed by atoms with Gasteiger partial charge in [0.1, 0.15) is 5.82 Å². The molecule has 1 atom stereocenters. The first-order valence-corrected chi connectivity index (χ1v) is 10.3. The first kappa shape index (κ1) is 18.6. The third kappa shape index (κ3) is 3.50. The van der Waals surface area contributed by atoms with E-state index in [0.29, 0.717) is 13.0 Å². The van der Waals surface area contributed by atoms with E-state index in [1.807, 2.05) is 47.5 Å². The predicted octanol–water partition coefficient (Wildman–Crippen LogP) is 5.41. The number of benzene rings is 3. The van der Waals surface area contributed by atoms with Gasteiger partial charge in [0.15, 0.2) is 0 Å². The summed E-state index contributed by atoms with van der Waals surface area (Å²) in [5, 5.41) is 1.07. The van der Waals surface area contributed by atoms with Gasteiger partial charge in [-0.1, -0.05) is 54.6 Å². The van der Waals surface area contributed by atoms with E-state index in [9.17, 15) is 9.18 Å². The van der Waals surface area contributed by atoms with E-state index in [0.717, 1.165) is 35.0 Å². The average Bonchev–Trinajstić information content (AvgIpc) is 3.21. The Kier molecular flexibility index (Phi) is 4.83. The summed E-state index contributed by atoms with van der Waals surface area (Å²) in [6.45, 7) is 1.36. The molecule has 1 aliphatic rings. The topological polar surface area (TPSA) is 36.1 Å². The van der Waals surface area contributed by atoms with Crippen LogP contribution < -0.4 is 0 Å². The largest absolute Gasteiger partial charge is 0.361 e. The molecular weight excluding hydrogens is 375 g/mol. The molecule has 0 fully saturated rings. The molecule has 4 heteroatoms. The van der Waals surface area contributed by atoms with Crippen molar-refractivity contribution >= 4 is 16.8 Å². The van der Waals surface area contributed by atoms with Crippen LogP contribution in [-0.2, 0) is 17.8 Å². The summed E-state index contributed by atoms with van der Waals surface area (Å²) in [5.41, 5.74) is 5.41. The smallest absolute Gasteiger partial charge is 0.223 e. The van der Waals surface area contributed by atoms with E-state index in [1.165, 1.54) is 17.2 Å². The summed E-state index contributed by atoms with van der Waals surface area (Å²) in [6.07, 6.45) is 3.14. The van der Waals surface area contributed by atoms with Crippen LogP contribution in [0.25, 0.3) is 10.9 Å². The minimum atomic E-state index is -0.281. The van der Waals surface area contributed by atoms with Crippen molar-refractivity contribution in [3.05, 3.63) is 107 Å². The second-order valence-corrected chi connectivity index (χ2v) is 7.94. The molecule has 0 aliphatic carbocycles. The Bertz CT molecular complexity index is 1210. The van der Waals surface area contributed by atoms with Crippen LogP contribution >= 0.6 is 0 Å². The average molecular weight is 398 g/mol. The van der Waals surface area contributed by atoms with Crippen LogP contribution in [0.15, 0.2) is 79.0 Å². The normalized spacial score (nSPS) is 14.5. The minimum absolute atomic E-state index is 0.101. The maximum atomic E-state index is 14.0. The molecule has 5 rings (SSSR count). The zero-order valence-corrected chi connectivity index (χ0v) is 16.6. The molecule has 1 aliphatic heterocycles. The summed E-state index contributed by atoms with van der Waals surface area (Å²) in [6, 6.07) is 23.0. The number of fused-ring (bicyclic) bond motifs is 2. The lowest BCUT2D eigenvalue weighted by atomic mass is 9.87.